The number of rotatable bonds is 2. The number of hydrogen-bond acceptors (Lipinski definition) is 2. The largest absolute Gasteiger partial charge is 0.379 e. The molecule has 1 N–H and O–H groups in total. The van der Waals surface area contributed by atoms with E-state index in [-0.39, 0.29) is 11.1 Å². The molecule has 3 nitrogen and oxygen atoms in total. The van der Waals surface area contributed by atoms with Gasteiger partial charge in [-0.1, -0.05) is 18.2 Å². The van der Waals surface area contributed by atoms with E-state index in [9.17, 15) is 4.79 Å². The van der Waals surface area contributed by atoms with Gasteiger partial charge < -0.3 is 5.32 Å². The average Bonchev–Trinajstić information content (AvgIpc) is 2.31. The van der Waals surface area contributed by atoms with Crippen LogP contribution in [0.4, 0.5) is 5.69 Å². The molecule has 0 aliphatic rings. The molecule has 0 spiro atoms. The predicted molar refractivity (Wildman–Crippen MR) is 75.4 cm³/mol. The fourth-order valence-corrected chi connectivity index (χ4v) is 1.78. The lowest BCUT2D eigenvalue weighted by Gasteiger charge is -2.22. The van der Waals surface area contributed by atoms with Gasteiger partial charge in [-0.05, 0) is 39.0 Å². The zero-order valence-electron chi connectivity index (χ0n) is 11.0. The molecule has 0 radical (unpaired) electrons. The number of nitrogens with zero attached hydrogens (tertiary/aromatic N) is 1. The van der Waals surface area contributed by atoms with E-state index in [1.807, 2.05) is 42.6 Å². The predicted octanol–water partition coefficient (Wildman–Crippen LogP) is 3.05. The van der Waals surface area contributed by atoms with Gasteiger partial charge in [0.2, 0.25) is 0 Å². The molecule has 0 atom stereocenters. The maximum Gasteiger partial charge on any atom is 0.255 e. The quantitative estimate of drug-likeness (QED) is 0.878. The van der Waals surface area contributed by atoms with E-state index in [1.165, 1.54) is 0 Å². The molecule has 0 saturated heterocycles. The van der Waals surface area contributed by atoms with E-state index in [0.717, 1.165) is 11.4 Å². The first-order valence-corrected chi connectivity index (χ1v) is 6.02. The Morgan fingerprint density at radius 3 is 2.28 bits per heavy atom. The van der Waals surface area contributed by atoms with Gasteiger partial charge in [0.1, 0.15) is 0 Å². The van der Waals surface area contributed by atoms with Crippen LogP contribution in [0.1, 0.15) is 20.8 Å². The van der Waals surface area contributed by atoms with Gasteiger partial charge in [-0.3, -0.25) is 9.36 Å². The molecule has 2 rings (SSSR count). The minimum atomic E-state index is -0.0289. The van der Waals surface area contributed by atoms with Crippen molar-refractivity contribution < 1.29 is 0 Å². The second kappa shape index (κ2) is 4.69. The van der Waals surface area contributed by atoms with Crippen LogP contribution in [0, 0.1) is 0 Å². The molecule has 94 valence electrons. The average molecular weight is 242 g/mol. The second-order valence-corrected chi connectivity index (χ2v) is 5.34. The molecule has 0 fully saturated rings. The van der Waals surface area contributed by atoms with Crippen molar-refractivity contribution in [3.63, 3.8) is 0 Å². The molecule has 0 amide bonds. The first-order valence-electron chi connectivity index (χ1n) is 6.02. The molecule has 0 bridgehead atoms. The Morgan fingerprint density at radius 2 is 1.67 bits per heavy atom. The Labute approximate surface area is 107 Å². The SMILES string of the molecule is CC(C)(C)Nc1ccc(=O)n(-c2ccccc2)c1. The van der Waals surface area contributed by atoms with Gasteiger partial charge in [0, 0.05) is 23.5 Å². The van der Waals surface area contributed by atoms with Crippen LogP contribution < -0.4 is 10.9 Å². The minimum absolute atomic E-state index is 0.0272. The number of para-hydroxylation sites is 1. The molecular weight excluding hydrogens is 224 g/mol. The fraction of sp³-hybridized carbons (Fsp3) is 0.267. The normalized spacial score (nSPS) is 11.3. The zero-order chi connectivity index (χ0) is 13.2. The highest BCUT2D eigenvalue weighted by molar-refractivity contribution is 5.45. The highest BCUT2D eigenvalue weighted by Crippen LogP contribution is 2.14. The van der Waals surface area contributed by atoms with Crippen LogP contribution in [-0.2, 0) is 0 Å². The van der Waals surface area contributed by atoms with E-state index < -0.39 is 0 Å². The van der Waals surface area contributed by atoms with Crippen LogP contribution in [0.2, 0.25) is 0 Å². The lowest BCUT2D eigenvalue weighted by molar-refractivity contribution is 0.633. The van der Waals surface area contributed by atoms with Crippen molar-refractivity contribution in [3.8, 4) is 5.69 Å². The van der Waals surface area contributed by atoms with Gasteiger partial charge >= 0.3 is 0 Å². The van der Waals surface area contributed by atoms with Gasteiger partial charge in [0.05, 0.1) is 5.69 Å². The molecule has 3 heteroatoms. The molecule has 0 aliphatic heterocycles. The van der Waals surface area contributed by atoms with Crippen molar-refractivity contribution >= 4 is 5.69 Å². The van der Waals surface area contributed by atoms with E-state index in [1.54, 1.807) is 10.6 Å². The highest BCUT2D eigenvalue weighted by atomic mass is 16.1. The number of aromatic nitrogens is 1. The highest BCUT2D eigenvalue weighted by Gasteiger charge is 2.10. The second-order valence-electron chi connectivity index (χ2n) is 5.34. The van der Waals surface area contributed by atoms with Crippen molar-refractivity contribution in [1.29, 1.82) is 0 Å². The van der Waals surface area contributed by atoms with Crippen LogP contribution in [-0.4, -0.2) is 10.1 Å². The number of nitrogens with one attached hydrogen (secondary N) is 1. The van der Waals surface area contributed by atoms with Crippen LogP contribution in [0.5, 0.6) is 0 Å². The summed E-state index contributed by atoms with van der Waals surface area (Å²) in [6, 6.07) is 13.0. The van der Waals surface area contributed by atoms with Crippen LogP contribution >= 0.6 is 0 Å². The smallest absolute Gasteiger partial charge is 0.255 e. The van der Waals surface area contributed by atoms with Gasteiger partial charge in [-0.2, -0.15) is 0 Å². The molecule has 0 unspecified atom stereocenters. The first-order chi connectivity index (χ1) is 8.46. The molecule has 1 heterocycles. The zero-order valence-corrected chi connectivity index (χ0v) is 11.0. The van der Waals surface area contributed by atoms with E-state index >= 15 is 0 Å². The third kappa shape index (κ3) is 3.00. The first kappa shape index (κ1) is 12.4. The maximum absolute atomic E-state index is 11.9. The maximum atomic E-state index is 11.9. The summed E-state index contributed by atoms with van der Waals surface area (Å²) in [5.74, 6) is 0. The number of pyridine rings is 1. The van der Waals surface area contributed by atoms with Crippen LogP contribution in [0.25, 0.3) is 5.69 Å². The van der Waals surface area contributed by atoms with Crippen LogP contribution in [0.3, 0.4) is 0 Å². The Balaban J connectivity index is 2.43. The monoisotopic (exact) mass is 242 g/mol. The van der Waals surface area contributed by atoms with Crippen molar-refractivity contribution in [2.24, 2.45) is 0 Å². The molecule has 18 heavy (non-hydrogen) atoms. The molecular formula is C15H18N2O. The van der Waals surface area contributed by atoms with E-state index in [4.69, 9.17) is 0 Å². The van der Waals surface area contributed by atoms with Crippen molar-refractivity contribution in [2.75, 3.05) is 5.32 Å². The van der Waals surface area contributed by atoms with Crippen LogP contribution in [0.15, 0.2) is 53.5 Å². The number of benzene rings is 1. The summed E-state index contributed by atoms with van der Waals surface area (Å²) in [5, 5.41) is 3.36. The Kier molecular flexibility index (Phi) is 3.24. The van der Waals surface area contributed by atoms with Gasteiger partial charge in [-0.25, -0.2) is 0 Å². The fourth-order valence-electron chi connectivity index (χ4n) is 1.78. The lowest BCUT2D eigenvalue weighted by atomic mass is 10.1. The summed E-state index contributed by atoms with van der Waals surface area (Å²) in [4.78, 5) is 11.9. The molecule has 0 aliphatic carbocycles. The number of anilines is 1. The van der Waals surface area contributed by atoms with Crippen molar-refractivity contribution in [2.45, 2.75) is 26.3 Å². The Morgan fingerprint density at radius 1 is 1.00 bits per heavy atom. The summed E-state index contributed by atoms with van der Waals surface area (Å²) in [6.45, 7) is 6.26. The molecule has 0 saturated carbocycles. The summed E-state index contributed by atoms with van der Waals surface area (Å²) in [6.07, 6.45) is 1.84. The molecule has 2 aromatic rings. The van der Waals surface area contributed by atoms with Gasteiger partial charge in [0.15, 0.2) is 0 Å². The van der Waals surface area contributed by atoms with Crippen molar-refractivity contribution in [3.05, 3.63) is 59.0 Å². The summed E-state index contributed by atoms with van der Waals surface area (Å²) in [5.41, 5.74) is 1.76. The molecule has 1 aromatic carbocycles. The Bertz CT molecular complexity index is 579. The summed E-state index contributed by atoms with van der Waals surface area (Å²) < 4.78 is 1.65. The van der Waals surface area contributed by atoms with E-state index in [2.05, 4.69) is 26.1 Å². The molecule has 1 aromatic heterocycles. The summed E-state index contributed by atoms with van der Waals surface area (Å²) in [7, 11) is 0. The van der Waals surface area contributed by atoms with Crippen molar-refractivity contribution in [1.82, 2.24) is 4.57 Å². The lowest BCUT2D eigenvalue weighted by Crippen LogP contribution is -2.27. The van der Waals surface area contributed by atoms with E-state index in [0.29, 0.717) is 0 Å². The third-order valence-corrected chi connectivity index (χ3v) is 2.46. The summed E-state index contributed by atoms with van der Waals surface area (Å²) >= 11 is 0. The topological polar surface area (TPSA) is 34.0 Å². The van der Waals surface area contributed by atoms with Gasteiger partial charge in [-0.15, -0.1) is 0 Å². The number of hydrogen-bond donors (Lipinski definition) is 1. The minimum Gasteiger partial charge on any atom is -0.379 e. The third-order valence-electron chi connectivity index (χ3n) is 2.46. The standard InChI is InChI=1S/C15H18N2O/c1-15(2,3)16-12-9-10-14(18)17(11-12)13-7-5-4-6-8-13/h4-11,16H,1-3H3. The Hall–Kier alpha value is -2.03. The van der Waals surface area contributed by atoms with Gasteiger partial charge in [0.25, 0.3) is 5.56 Å².